The lowest BCUT2D eigenvalue weighted by molar-refractivity contribution is 0.618. The number of anilines is 1. The predicted molar refractivity (Wildman–Crippen MR) is 67.8 cm³/mol. The fraction of sp³-hybridized carbons (Fsp3) is 0.286. The quantitative estimate of drug-likeness (QED) is 0.812. The molecule has 1 aromatic carbocycles. The molecule has 92 valence electrons. The van der Waals surface area contributed by atoms with Crippen LogP contribution in [0.2, 0.25) is 0 Å². The summed E-state index contributed by atoms with van der Waals surface area (Å²) in [4.78, 5) is 10.6. The number of halogens is 1. The Morgan fingerprint density at radius 1 is 1.28 bits per heavy atom. The Morgan fingerprint density at radius 2 is 2.22 bits per heavy atom. The van der Waals surface area contributed by atoms with Gasteiger partial charge in [-0.25, -0.2) is 9.37 Å². The first-order valence-corrected chi connectivity index (χ1v) is 6.13. The third-order valence-corrected chi connectivity index (χ3v) is 3.33. The van der Waals surface area contributed by atoms with E-state index >= 15 is 0 Å². The largest absolute Gasteiger partial charge is 0.348 e. The van der Waals surface area contributed by atoms with Gasteiger partial charge in [0.25, 0.3) is 0 Å². The summed E-state index contributed by atoms with van der Waals surface area (Å²) in [5, 5.41) is 0. The van der Waals surface area contributed by atoms with Crippen molar-refractivity contribution in [2.45, 2.75) is 18.9 Å². The van der Waals surface area contributed by atoms with Crippen LogP contribution >= 0.6 is 0 Å². The van der Waals surface area contributed by atoms with Crippen LogP contribution < -0.4 is 4.90 Å². The van der Waals surface area contributed by atoms with E-state index in [1.54, 1.807) is 30.7 Å². The summed E-state index contributed by atoms with van der Waals surface area (Å²) in [6.45, 7) is 0.944. The van der Waals surface area contributed by atoms with Crippen LogP contribution in [0.15, 0.2) is 42.9 Å². The predicted octanol–water partition coefficient (Wildman–Crippen LogP) is 2.96. The highest BCUT2D eigenvalue weighted by Crippen LogP contribution is 2.34. The van der Waals surface area contributed by atoms with Gasteiger partial charge >= 0.3 is 0 Å². The summed E-state index contributed by atoms with van der Waals surface area (Å²) < 4.78 is 13.3. The molecule has 0 radical (unpaired) electrons. The standard InChI is InChI=1S/C14H14FN3/c15-12-4-1-3-11(9-12)13-5-2-8-18(13)14-10-16-6-7-17-14/h1,3-4,6-7,9-10,13H,2,5,8H2/t13-/m1/s1. The van der Waals surface area contributed by atoms with Crippen molar-refractivity contribution in [1.82, 2.24) is 9.97 Å². The van der Waals surface area contributed by atoms with Gasteiger partial charge < -0.3 is 4.90 Å². The van der Waals surface area contributed by atoms with Crippen molar-refractivity contribution in [3.8, 4) is 0 Å². The van der Waals surface area contributed by atoms with E-state index in [4.69, 9.17) is 0 Å². The Bertz CT molecular complexity index is 530. The van der Waals surface area contributed by atoms with Crippen molar-refractivity contribution in [3.05, 3.63) is 54.2 Å². The molecule has 2 aromatic rings. The lowest BCUT2D eigenvalue weighted by atomic mass is 10.0. The van der Waals surface area contributed by atoms with Crippen molar-refractivity contribution >= 4 is 5.82 Å². The van der Waals surface area contributed by atoms with E-state index in [1.807, 2.05) is 6.07 Å². The molecule has 0 amide bonds. The Hall–Kier alpha value is -1.97. The average Bonchev–Trinajstić information content (AvgIpc) is 2.89. The first kappa shape index (κ1) is 11.1. The molecule has 0 aliphatic carbocycles. The van der Waals surface area contributed by atoms with Crippen LogP contribution in [-0.4, -0.2) is 16.5 Å². The molecule has 4 heteroatoms. The number of hydrogen-bond acceptors (Lipinski definition) is 3. The minimum Gasteiger partial charge on any atom is -0.348 e. The molecular formula is C14H14FN3. The molecule has 2 heterocycles. The van der Waals surface area contributed by atoms with Crippen LogP contribution in [0.4, 0.5) is 10.2 Å². The normalized spacial score (nSPS) is 19.2. The molecule has 18 heavy (non-hydrogen) atoms. The first-order valence-electron chi connectivity index (χ1n) is 6.13. The molecule has 1 atom stereocenters. The maximum atomic E-state index is 13.3. The van der Waals surface area contributed by atoms with E-state index in [2.05, 4.69) is 14.9 Å². The number of aromatic nitrogens is 2. The zero-order chi connectivity index (χ0) is 12.4. The van der Waals surface area contributed by atoms with E-state index < -0.39 is 0 Å². The van der Waals surface area contributed by atoms with Gasteiger partial charge in [-0.1, -0.05) is 12.1 Å². The molecular weight excluding hydrogens is 229 g/mol. The maximum Gasteiger partial charge on any atom is 0.147 e. The Kier molecular flexibility index (Phi) is 2.92. The van der Waals surface area contributed by atoms with E-state index in [1.165, 1.54) is 6.07 Å². The van der Waals surface area contributed by atoms with Crippen LogP contribution in [-0.2, 0) is 0 Å². The number of rotatable bonds is 2. The Balaban J connectivity index is 1.92. The molecule has 1 aromatic heterocycles. The fourth-order valence-electron chi connectivity index (χ4n) is 2.54. The van der Waals surface area contributed by atoms with Crippen LogP contribution in [0.25, 0.3) is 0 Å². The summed E-state index contributed by atoms with van der Waals surface area (Å²) in [5.41, 5.74) is 1.01. The zero-order valence-electron chi connectivity index (χ0n) is 9.96. The molecule has 1 saturated heterocycles. The van der Waals surface area contributed by atoms with Gasteiger partial charge in [0.15, 0.2) is 0 Å². The summed E-state index contributed by atoms with van der Waals surface area (Å²) in [7, 11) is 0. The van der Waals surface area contributed by atoms with Crippen molar-refractivity contribution in [1.29, 1.82) is 0 Å². The van der Waals surface area contributed by atoms with Gasteiger partial charge in [0.05, 0.1) is 12.2 Å². The number of benzene rings is 1. The van der Waals surface area contributed by atoms with Gasteiger partial charge in [-0.3, -0.25) is 4.98 Å². The third-order valence-electron chi connectivity index (χ3n) is 3.33. The number of hydrogen-bond donors (Lipinski definition) is 0. The molecule has 0 spiro atoms. The van der Waals surface area contributed by atoms with E-state index in [0.717, 1.165) is 30.8 Å². The van der Waals surface area contributed by atoms with Gasteiger partial charge in [-0.2, -0.15) is 0 Å². The SMILES string of the molecule is Fc1cccc([C@H]2CCCN2c2cnccn2)c1. The molecule has 0 N–H and O–H groups in total. The number of nitrogens with zero attached hydrogens (tertiary/aromatic N) is 3. The Morgan fingerprint density at radius 3 is 3.00 bits per heavy atom. The topological polar surface area (TPSA) is 29.0 Å². The first-order chi connectivity index (χ1) is 8.84. The van der Waals surface area contributed by atoms with Crippen molar-refractivity contribution in [3.63, 3.8) is 0 Å². The Labute approximate surface area is 105 Å². The van der Waals surface area contributed by atoms with E-state index in [0.29, 0.717) is 0 Å². The average molecular weight is 243 g/mol. The monoisotopic (exact) mass is 243 g/mol. The molecule has 1 aliphatic heterocycles. The van der Waals surface area contributed by atoms with Gasteiger partial charge in [0.1, 0.15) is 11.6 Å². The second kappa shape index (κ2) is 4.72. The van der Waals surface area contributed by atoms with Gasteiger partial charge in [0.2, 0.25) is 0 Å². The van der Waals surface area contributed by atoms with Crippen LogP contribution in [0.5, 0.6) is 0 Å². The smallest absolute Gasteiger partial charge is 0.147 e. The minimum absolute atomic E-state index is 0.182. The van der Waals surface area contributed by atoms with Crippen LogP contribution in [0, 0.1) is 5.82 Å². The highest BCUT2D eigenvalue weighted by molar-refractivity contribution is 5.42. The summed E-state index contributed by atoms with van der Waals surface area (Å²) in [6, 6.07) is 7.03. The van der Waals surface area contributed by atoms with Crippen molar-refractivity contribution in [2.75, 3.05) is 11.4 Å². The van der Waals surface area contributed by atoms with Gasteiger partial charge in [-0.05, 0) is 30.5 Å². The van der Waals surface area contributed by atoms with E-state index in [9.17, 15) is 4.39 Å². The third kappa shape index (κ3) is 2.06. The molecule has 0 unspecified atom stereocenters. The lowest BCUT2D eigenvalue weighted by Crippen LogP contribution is -2.23. The molecule has 3 rings (SSSR count). The van der Waals surface area contributed by atoms with E-state index in [-0.39, 0.29) is 11.9 Å². The van der Waals surface area contributed by atoms with Crippen LogP contribution in [0.1, 0.15) is 24.4 Å². The summed E-state index contributed by atoms with van der Waals surface area (Å²) >= 11 is 0. The van der Waals surface area contributed by atoms with Crippen molar-refractivity contribution in [2.24, 2.45) is 0 Å². The van der Waals surface area contributed by atoms with Crippen molar-refractivity contribution < 1.29 is 4.39 Å². The second-order valence-corrected chi connectivity index (χ2v) is 4.47. The lowest BCUT2D eigenvalue weighted by Gasteiger charge is -2.25. The maximum absolute atomic E-state index is 13.3. The highest BCUT2D eigenvalue weighted by Gasteiger charge is 2.27. The van der Waals surface area contributed by atoms with Gasteiger partial charge in [0, 0.05) is 18.9 Å². The summed E-state index contributed by atoms with van der Waals surface area (Å²) in [5.74, 6) is 0.683. The molecule has 1 fully saturated rings. The summed E-state index contributed by atoms with van der Waals surface area (Å²) in [6.07, 6.45) is 7.24. The van der Waals surface area contributed by atoms with Gasteiger partial charge in [-0.15, -0.1) is 0 Å². The zero-order valence-corrected chi connectivity index (χ0v) is 9.96. The highest BCUT2D eigenvalue weighted by atomic mass is 19.1. The van der Waals surface area contributed by atoms with Crippen LogP contribution in [0.3, 0.4) is 0 Å². The fourth-order valence-corrected chi connectivity index (χ4v) is 2.54. The molecule has 1 aliphatic rings. The molecule has 3 nitrogen and oxygen atoms in total. The second-order valence-electron chi connectivity index (χ2n) is 4.47. The molecule has 0 bridgehead atoms. The minimum atomic E-state index is -0.182. The molecule has 0 saturated carbocycles.